The van der Waals surface area contributed by atoms with Crippen LogP contribution in [0.4, 0.5) is 0 Å². The second kappa shape index (κ2) is 5.60. The molecular formula is C10H16N2O. The van der Waals surface area contributed by atoms with Gasteiger partial charge in [-0.05, 0) is 25.8 Å². The minimum absolute atomic E-state index is 0.00604. The highest BCUT2D eigenvalue weighted by atomic mass is 16.2. The van der Waals surface area contributed by atoms with Gasteiger partial charge in [-0.1, -0.05) is 0 Å². The fraction of sp³-hybridized carbons (Fsp3) is 0.700. The highest BCUT2D eigenvalue weighted by Crippen LogP contribution is 2.02. The van der Waals surface area contributed by atoms with Crippen LogP contribution in [-0.4, -0.2) is 25.0 Å². The second-order valence-corrected chi connectivity index (χ2v) is 3.25. The van der Waals surface area contributed by atoms with Crippen LogP contribution in [0.25, 0.3) is 0 Å². The normalized spacial score (nSPS) is 22.1. The summed E-state index contributed by atoms with van der Waals surface area (Å²) in [5.74, 6) is 2.71. The van der Waals surface area contributed by atoms with Crippen molar-refractivity contribution in [2.24, 2.45) is 0 Å². The fourth-order valence-corrected chi connectivity index (χ4v) is 1.43. The van der Waals surface area contributed by atoms with Crippen molar-refractivity contribution >= 4 is 5.91 Å². The van der Waals surface area contributed by atoms with E-state index >= 15 is 0 Å². The summed E-state index contributed by atoms with van der Waals surface area (Å²) < 4.78 is 0. The number of amides is 1. The van der Waals surface area contributed by atoms with Crippen molar-refractivity contribution < 1.29 is 4.79 Å². The number of hydrogen-bond acceptors (Lipinski definition) is 2. The van der Waals surface area contributed by atoms with E-state index in [9.17, 15) is 4.79 Å². The summed E-state index contributed by atoms with van der Waals surface area (Å²) in [6, 6.07) is 0.00604. The molecule has 0 spiro atoms. The Labute approximate surface area is 79.3 Å². The Morgan fingerprint density at radius 1 is 1.69 bits per heavy atom. The van der Waals surface area contributed by atoms with Gasteiger partial charge < -0.3 is 10.6 Å². The Hall–Kier alpha value is -1.01. The molecule has 72 valence electrons. The van der Waals surface area contributed by atoms with Crippen LogP contribution in [0.5, 0.6) is 0 Å². The molecule has 1 atom stereocenters. The molecule has 0 radical (unpaired) electrons. The average molecular weight is 180 g/mol. The molecule has 0 aromatic carbocycles. The van der Waals surface area contributed by atoms with Gasteiger partial charge in [0.05, 0.1) is 6.04 Å². The van der Waals surface area contributed by atoms with E-state index in [2.05, 4.69) is 16.6 Å². The van der Waals surface area contributed by atoms with Crippen molar-refractivity contribution in [3.05, 3.63) is 0 Å². The number of hydrogen-bond donors (Lipinski definition) is 2. The van der Waals surface area contributed by atoms with Crippen LogP contribution in [0.3, 0.4) is 0 Å². The van der Waals surface area contributed by atoms with Crippen LogP contribution in [0, 0.1) is 12.3 Å². The molecule has 3 heteroatoms. The van der Waals surface area contributed by atoms with Crippen molar-refractivity contribution in [1.82, 2.24) is 10.6 Å². The zero-order chi connectivity index (χ0) is 9.52. The zero-order valence-corrected chi connectivity index (χ0v) is 7.81. The Morgan fingerprint density at radius 2 is 2.54 bits per heavy atom. The number of rotatable bonds is 4. The molecule has 1 heterocycles. The molecule has 2 N–H and O–H groups in total. The lowest BCUT2D eigenvalue weighted by molar-refractivity contribution is -0.124. The van der Waals surface area contributed by atoms with E-state index in [-0.39, 0.29) is 11.9 Å². The largest absolute Gasteiger partial charge is 0.355 e. The van der Waals surface area contributed by atoms with Gasteiger partial charge in [-0.25, -0.2) is 0 Å². The van der Waals surface area contributed by atoms with Crippen molar-refractivity contribution in [2.45, 2.75) is 31.7 Å². The Kier molecular flexibility index (Phi) is 4.34. The molecule has 3 nitrogen and oxygen atoms in total. The minimum Gasteiger partial charge on any atom is -0.355 e. The molecule has 0 bridgehead atoms. The van der Waals surface area contributed by atoms with E-state index in [4.69, 9.17) is 6.42 Å². The van der Waals surface area contributed by atoms with E-state index < -0.39 is 0 Å². The topological polar surface area (TPSA) is 41.1 Å². The van der Waals surface area contributed by atoms with E-state index in [1.165, 1.54) is 0 Å². The van der Waals surface area contributed by atoms with Crippen LogP contribution in [0.15, 0.2) is 0 Å². The predicted octanol–water partition coefficient (Wildman–Crippen LogP) is 0.268. The third-order valence-electron chi connectivity index (χ3n) is 2.17. The van der Waals surface area contributed by atoms with Crippen LogP contribution in [0.1, 0.15) is 25.7 Å². The summed E-state index contributed by atoms with van der Waals surface area (Å²) >= 11 is 0. The van der Waals surface area contributed by atoms with Crippen LogP contribution >= 0.6 is 0 Å². The Bertz CT molecular complexity index is 207. The number of piperidine rings is 1. The first kappa shape index (κ1) is 10.1. The van der Waals surface area contributed by atoms with Gasteiger partial charge in [0.25, 0.3) is 0 Å². The van der Waals surface area contributed by atoms with Crippen LogP contribution < -0.4 is 10.6 Å². The molecule has 1 fully saturated rings. The van der Waals surface area contributed by atoms with Gasteiger partial charge >= 0.3 is 0 Å². The number of carbonyl (C=O) groups excluding carboxylic acids is 1. The van der Waals surface area contributed by atoms with Gasteiger partial charge in [0, 0.05) is 13.0 Å². The third-order valence-corrected chi connectivity index (χ3v) is 2.17. The maximum Gasteiger partial charge on any atom is 0.237 e. The molecule has 0 saturated carbocycles. The number of unbranched alkanes of at least 4 members (excludes halogenated alkanes) is 1. The van der Waals surface area contributed by atoms with E-state index in [1.54, 1.807) is 0 Å². The van der Waals surface area contributed by atoms with E-state index in [0.29, 0.717) is 0 Å². The molecule has 13 heavy (non-hydrogen) atoms. The first-order chi connectivity index (χ1) is 6.34. The summed E-state index contributed by atoms with van der Waals surface area (Å²) in [6.07, 6.45) is 8.86. The second-order valence-electron chi connectivity index (χ2n) is 3.25. The molecule has 0 aliphatic carbocycles. The SMILES string of the molecule is C#CCCCNC1CCCNC1=O. The number of nitrogens with one attached hydrogen (secondary N) is 2. The smallest absolute Gasteiger partial charge is 0.237 e. The third kappa shape index (κ3) is 3.47. The lowest BCUT2D eigenvalue weighted by Crippen LogP contribution is -2.48. The fourth-order valence-electron chi connectivity index (χ4n) is 1.43. The maximum absolute atomic E-state index is 11.2. The van der Waals surface area contributed by atoms with Gasteiger partial charge in [0.2, 0.25) is 5.91 Å². The number of terminal acetylenes is 1. The predicted molar refractivity (Wildman–Crippen MR) is 52.1 cm³/mol. The Morgan fingerprint density at radius 3 is 3.23 bits per heavy atom. The molecule has 1 aliphatic heterocycles. The summed E-state index contributed by atoms with van der Waals surface area (Å²) in [4.78, 5) is 11.2. The lowest BCUT2D eigenvalue weighted by Gasteiger charge is -2.22. The molecule has 0 aromatic heterocycles. The van der Waals surface area contributed by atoms with Gasteiger partial charge in [-0.2, -0.15) is 0 Å². The molecular weight excluding hydrogens is 164 g/mol. The highest BCUT2D eigenvalue weighted by molar-refractivity contribution is 5.82. The lowest BCUT2D eigenvalue weighted by atomic mass is 10.1. The van der Waals surface area contributed by atoms with E-state index in [1.807, 2.05) is 0 Å². The molecule has 1 aliphatic rings. The van der Waals surface area contributed by atoms with Crippen molar-refractivity contribution in [1.29, 1.82) is 0 Å². The molecule has 0 aromatic rings. The molecule has 1 amide bonds. The van der Waals surface area contributed by atoms with Crippen LogP contribution in [0.2, 0.25) is 0 Å². The summed E-state index contributed by atoms with van der Waals surface area (Å²) in [6.45, 7) is 1.66. The van der Waals surface area contributed by atoms with Crippen LogP contribution in [-0.2, 0) is 4.79 Å². The summed E-state index contributed by atoms with van der Waals surface area (Å²) in [5, 5.41) is 6.03. The first-order valence-electron chi connectivity index (χ1n) is 4.79. The average Bonchev–Trinajstić information content (AvgIpc) is 2.15. The maximum atomic E-state index is 11.2. The van der Waals surface area contributed by atoms with Crippen molar-refractivity contribution in [3.63, 3.8) is 0 Å². The van der Waals surface area contributed by atoms with E-state index in [0.717, 1.165) is 38.8 Å². The Balaban J connectivity index is 2.12. The van der Waals surface area contributed by atoms with Gasteiger partial charge in [-0.3, -0.25) is 4.79 Å². The van der Waals surface area contributed by atoms with Gasteiger partial charge in [0.15, 0.2) is 0 Å². The standard InChI is InChI=1S/C10H16N2O/c1-2-3-4-7-11-9-6-5-8-12-10(9)13/h1,9,11H,3-8H2,(H,12,13). The first-order valence-corrected chi connectivity index (χ1v) is 4.79. The molecule has 1 rings (SSSR count). The quantitative estimate of drug-likeness (QED) is 0.481. The van der Waals surface area contributed by atoms with Crippen molar-refractivity contribution in [3.8, 4) is 12.3 Å². The summed E-state index contributed by atoms with van der Waals surface area (Å²) in [7, 11) is 0. The summed E-state index contributed by atoms with van der Waals surface area (Å²) in [5.41, 5.74) is 0. The van der Waals surface area contributed by atoms with Crippen molar-refractivity contribution in [2.75, 3.05) is 13.1 Å². The molecule has 1 unspecified atom stereocenters. The highest BCUT2D eigenvalue weighted by Gasteiger charge is 2.20. The zero-order valence-electron chi connectivity index (χ0n) is 7.81. The van der Waals surface area contributed by atoms with Gasteiger partial charge in [-0.15, -0.1) is 12.3 Å². The minimum atomic E-state index is 0.00604. The molecule has 1 saturated heterocycles. The number of carbonyl (C=O) groups is 1. The monoisotopic (exact) mass is 180 g/mol. The van der Waals surface area contributed by atoms with Gasteiger partial charge in [0.1, 0.15) is 0 Å².